The van der Waals surface area contributed by atoms with Gasteiger partial charge >= 0.3 is 0 Å². The number of methoxy groups -OCH3 is 2. The van der Waals surface area contributed by atoms with E-state index in [0.717, 1.165) is 10.2 Å². The molecule has 0 spiro atoms. The van der Waals surface area contributed by atoms with Crippen LogP contribution < -0.4 is 20.5 Å². The predicted molar refractivity (Wildman–Crippen MR) is 70.5 cm³/mol. The van der Waals surface area contributed by atoms with E-state index >= 15 is 0 Å². The van der Waals surface area contributed by atoms with E-state index in [2.05, 4.69) is 27.8 Å². The molecule has 16 heavy (non-hydrogen) atoms. The summed E-state index contributed by atoms with van der Waals surface area (Å²) in [4.78, 5) is 0. The fourth-order valence-electron chi connectivity index (χ4n) is 1.24. The summed E-state index contributed by atoms with van der Waals surface area (Å²) in [6.45, 7) is 4.33. The Morgan fingerprint density at radius 1 is 1.38 bits per heavy atom. The minimum absolute atomic E-state index is 0.597. The van der Waals surface area contributed by atoms with Crippen molar-refractivity contribution in [2.24, 2.45) is 0 Å². The average Bonchev–Trinajstić information content (AvgIpc) is 2.26. The van der Waals surface area contributed by atoms with Crippen LogP contribution in [0.1, 0.15) is 0 Å². The van der Waals surface area contributed by atoms with Gasteiger partial charge in [-0.25, -0.2) is 0 Å². The number of nitrogens with one attached hydrogen (secondary N) is 1. The Balaban J connectivity index is 2.96. The van der Waals surface area contributed by atoms with Gasteiger partial charge in [0.25, 0.3) is 0 Å². The van der Waals surface area contributed by atoms with Crippen molar-refractivity contribution in [3.05, 3.63) is 23.2 Å². The summed E-state index contributed by atoms with van der Waals surface area (Å²) < 4.78 is 11.2. The molecule has 0 aliphatic carbocycles. The van der Waals surface area contributed by atoms with Gasteiger partial charge in [0.05, 0.1) is 25.6 Å². The number of anilines is 2. The van der Waals surface area contributed by atoms with Gasteiger partial charge in [0.1, 0.15) is 0 Å². The minimum Gasteiger partial charge on any atom is -0.493 e. The molecule has 0 aliphatic rings. The molecule has 0 fully saturated rings. The summed E-state index contributed by atoms with van der Waals surface area (Å²) in [6.07, 6.45) is 0. The Morgan fingerprint density at radius 2 is 1.94 bits per heavy atom. The second kappa shape index (κ2) is 5.65. The lowest BCUT2D eigenvalue weighted by Crippen LogP contribution is -2.04. The lowest BCUT2D eigenvalue weighted by Gasteiger charge is -2.13. The standard InChI is InChI=1S/C11H15BrN2O2/c1-7(12)6-14-9-5-11(16-3)10(15-2)4-8(9)13/h4-5,14H,1,6,13H2,2-3H3. The van der Waals surface area contributed by atoms with Gasteiger partial charge in [-0.3, -0.25) is 0 Å². The molecule has 0 radical (unpaired) electrons. The molecule has 0 amide bonds. The minimum atomic E-state index is 0.597. The molecule has 88 valence electrons. The lowest BCUT2D eigenvalue weighted by molar-refractivity contribution is 0.355. The Bertz CT molecular complexity index is 394. The van der Waals surface area contributed by atoms with Gasteiger partial charge in [-0.1, -0.05) is 22.5 Å². The van der Waals surface area contributed by atoms with Gasteiger partial charge in [-0.2, -0.15) is 0 Å². The molecule has 0 atom stereocenters. The third-order valence-electron chi connectivity index (χ3n) is 2.03. The van der Waals surface area contributed by atoms with Crippen LogP contribution in [0, 0.1) is 0 Å². The van der Waals surface area contributed by atoms with Gasteiger partial charge in [-0.05, 0) is 0 Å². The molecule has 3 N–H and O–H groups in total. The van der Waals surface area contributed by atoms with E-state index in [9.17, 15) is 0 Å². The number of halogens is 1. The zero-order chi connectivity index (χ0) is 12.1. The third-order valence-corrected chi connectivity index (χ3v) is 2.31. The average molecular weight is 287 g/mol. The number of hydrogen-bond acceptors (Lipinski definition) is 4. The summed E-state index contributed by atoms with van der Waals surface area (Å²) in [5, 5.41) is 3.13. The van der Waals surface area contributed by atoms with Crippen LogP contribution in [0.2, 0.25) is 0 Å². The molecule has 1 aromatic carbocycles. The molecular weight excluding hydrogens is 272 g/mol. The lowest BCUT2D eigenvalue weighted by atomic mass is 10.2. The molecule has 4 nitrogen and oxygen atoms in total. The molecule has 0 bridgehead atoms. The van der Waals surface area contributed by atoms with Crippen LogP contribution >= 0.6 is 15.9 Å². The first kappa shape index (κ1) is 12.7. The molecule has 1 rings (SSSR count). The van der Waals surface area contributed by atoms with Crippen LogP contribution in [0.3, 0.4) is 0 Å². The predicted octanol–water partition coefficient (Wildman–Crippen LogP) is 2.61. The van der Waals surface area contributed by atoms with E-state index in [0.29, 0.717) is 23.7 Å². The highest BCUT2D eigenvalue weighted by atomic mass is 79.9. The van der Waals surface area contributed by atoms with Crippen molar-refractivity contribution in [3.8, 4) is 11.5 Å². The van der Waals surface area contributed by atoms with Crippen molar-refractivity contribution >= 4 is 27.3 Å². The number of nitrogen functional groups attached to an aromatic ring is 1. The normalized spacial score (nSPS) is 9.69. The number of rotatable bonds is 5. The summed E-state index contributed by atoms with van der Waals surface area (Å²) >= 11 is 3.27. The fourth-order valence-corrected chi connectivity index (χ4v) is 1.38. The first-order valence-corrected chi connectivity index (χ1v) is 5.46. The molecule has 0 unspecified atom stereocenters. The number of nitrogens with two attached hydrogens (primary N) is 1. The van der Waals surface area contributed by atoms with E-state index in [4.69, 9.17) is 15.2 Å². The largest absolute Gasteiger partial charge is 0.493 e. The fraction of sp³-hybridized carbons (Fsp3) is 0.273. The van der Waals surface area contributed by atoms with Gasteiger partial charge in [-0.15, -0.1) is 0 Å². The van der Waals surface area contributed by atoms with Gasteiger partial charge in [0.2, 0.25) is 0 Å². The van der Waals surface area contributed by atoms with E-state index in [1.165, 1.54) is 0 Å². The molecule has 0 aromatic heterocycles. The zero-order valence-corrected chi connectivity index (χ0v) is 10.9. The zero-order valence-electron chi connectivity index (χ0n) is 9.34. The maximum absolute atomic E-state index is 5.86. The molecular formula is C11H15BrN2O2. The summed E-state index contributed by atoms with van der Waals surface area (Å²) in [5.41, 5.74) is 7.26. The highest BCUT2D eigenvalue weighted by Crippen LogP contribution is 2.34. The summed E-state index contributed by atoms with van der Waals surface area (Å²) in [6, 6.07) is 3.52. The molecule has 0 heterocycles. The molecule has 0 aliphatic heterocycles. The van der Waals surface area contributed by atoms with Crippen LogP contribution in [-0.2, 0) is 0 Å². The van der Waals surface area contributed by atoms with E-state index in [1.54, 1.807) is 26.4 Å². The van der Waals surface area contributed by atoms with Crippen molar-refractivity contribution in [2.75, 3.05) is 31.8 Å². The van der Waals surface area contributed by atoms with Crippen LogP contribution in [0.4, 0.5) is 11.4 Å². The topological polar surface area (TPSA) is 56.5 Å². The van der Waals surface area contributed by atoms with E-state index in [1.807, 2.05) is 0 Å². The summed E-state index contributed by atoms with van der Waals surface area (Å²) in [7, 11) is 3.16. The maximum Gasteiger partial charge on any atom is 0.162 e. The molecule has 1 aromatic rings. The highest BCUT2D eigenvalue weighted by Gasteiger charge is 2.08. The Kier molecular flexibility index (Phi) is 4.49. The van der Waals surface area contributed by atoms with Crippen LogP contribution in [0.25, 0.3) is 0 Å². The Hall–Kier alpha value is -1.36. The third kappa shape index (κ3) is 3.06. The molecule has 0 saturated carbocycles. The second-order valence-corrected chi connectivity index (χ2v) is 4.29. The SMILES string of the molecule is C=C(Br)CNc1cc(OC)c(OC)cc1N. The van der Waals surface area contributed by atoms with E-state index in [-0.39, 0.29) is 0 Å². The number of hydrogen-bond donors (Lipinski definition) is 2. The Morgan fingerprint density at radius 3 is 2.44 bits per heavy atom. The number of ether oxygens (including phenoxy) is 2. The summed E-state index contributed by atoms with van der Waals surface area (Å²) in [5.74, 6) is 1.25. The molecule has 5 heteroatoms. The van der Waals surface area contributed by atoms with E-state index < -0.39 is 0 Å². The van der Waals surface area contributed by atoms with Crippen molar-refractivity contribution in [2.45, 2.75) is 0 Å². The van der Waals surface area contributed by atoms with Gasteiger partial charge < -0.3 is 20.5 Å². The first-order chi connectivity index (χ1) is 7.58. The number of benzene rings is 1. The quantitative estimate of drug-likeness (QED) is 0.817. The van der Waals surface area contributed by atoms with Gasteiger partial charge in [0.15, 0.2) is 11.5 Å². The van der Waals surface area contributed by atoms with Crippen molar-refractivity contribution < 1.29 is 9.47 Å². The van der Waals surface area contributed by atoms with Crippen molar-refractivity contribution in [1.29, 1.82) is 0 Å². The second-order valence-electron chi connectivity index (χ2n) is 3.17. The smallest absolute Gasteiger partial charge is 0.162 e. The van der Waals surface area contributed by atoms with Crippen molar-refractivity contribution in [3.63, 3.8) is 0 Å². The van der Waals surface area contributed by atoms with Crippen molar-refractivity contribution in [1.82, 2.24) is 0 Å². The van der Waals surface area contributed by atoms with Crippen LogP contribution in [0.5, 0.6) is 11.5 Å². The highest BCUT2D eigenvalue weighted by molar-refractivity contribution is 9.11. The monoisotopic (exact) mass is 286 g/mol. The van der Waals surface area contributed by atoms with Gasteiger partial charge in [0, 0.05) is 23.2 Å². The van der Waals surface area contributed by atoms with Crippen LogP contribution in [-0.4, -0.2) is 20.8 Å². The maximum atomic E-state index is 5.86. The van der Waals surface area contributed by atoms with Crippen LogP contribution in [0.15, 0.2) is 23.2 Å². The Labute approximate surface area is 104 Å². The first-order valence-electron chi connectivity index (χ1n) is 4.67. The molecule has 0 saturated heterocycles.